The zero-order valence-corrected chi connectivity index (χ0v) is 12.7. The quantitative estimate of drug-likeness (QED) is 0.908. The maximum atomic E-state index is 13.9. The molecule has 1 aliphatic heterocycles. The normalized spacial score (nSPS) is 16.0. The van der Waals surface area contributed by atoms with E-state index in [2.05, 4.69) is 5.32 Å². The van der Waals surface area contributed by atoms with Crippen LogP contribution < -0.4 is 5.32 Å². The van der Waals surface area contributed by atoms with Crippen molar-refractivity contribution in [1.29, 1.82) is 0 Å². The number of rotatable bonds is 5. The van der Waals surface area contributed by atoms with Crippen LogP contribution in [0, 0.1) is 5.82 Å². The Balaban J connectivity index is 2.09. The Kier molecular flexibility index (Phi) is 5.56. The molecule has 1 saturated heterocycles. The zero-order chi connectivity index (χ0) is 15.2. The van der Waals surface area contributed by atoms with Gasteiger partial charge < -0.3 is 15.0 Å². The molecule has 0 aliphatic carbocycles. The fourth-order valence-electron chi connectivity index (χ4n) is 2.69. The monoisotopic (exact) mass is 294 g/mol. The van der Waals surface area contributed by atoms with Crippen LogP contribution in [-0.4, -0.2) is 43.2 Å². The Morgan fingerprint density at radius 3 is 2.71 bits per heavy atom. The number of ether oxygens (including phenoxy) is 1. The highest BCUT2D eigenvalue weighted by molar-refractivity contribution is 5.99. The molecule has 4 nitrogen and oxygen atoms in total. The van der Waals surface area contributed by atoms with E-state index in [1.165, 1.54) is 6.07 Å². The number of hydrogen-bond acceptors (Lipinski definition) is 3. The number of nitrogens with one attached hydrogen (secondary N) is 1. The first-order chi connectivity index (χ1) is 10.2. The molecule has 0 radical (unpaired) electrons. The van der Waals surface area contributed by atoms with E-state index in [4.69, 9.17) is 4.74 Å². The topological polar surface area (TPSA) is 41.6 Å². The van der Waals surface area contributed by atoms with Crippen molar-refractivity contribution < 1.29 is 13.9 Å². The van der Waals surface area contributed by atoms with Crippen LogP contribution in [0.1, 0.15) is 37.0 Å². The van der Waals surface area contributed by atoms with Crippen molar-refractivity contribution in [1.82, 2.24) is 4.90 Å². The lowest BCUT2D eigenvalue weighted by molar-refractivity contribution is 0.0146. The summed E-state index contributed by atoms with van der Waals surface area (Å²) in [7, 11) is 0. The average molecular weight is 294 g/mol. The molecule has 0 unspecified atom stereocenters. The Labute approximate surface area is 125 Å². The molecule has 1 aliphatic rings. The number of nitrogens with zero attached hydrogens (tertiary/aromatic N) is 1. The van der Waals surface area contributed by atoms with E-state index in [1.54, 1.807) is 17.0 Å². The molecule has 1 amide bonds. The molecule has 0 atom stereocenters. The van der Waals surface area contributed by atoms with Crippen molar-refractivity contribution in [2.45, 2.75) is 32.8 Å². The van der Waals surface area contributed by atoms with Gasteiger partial charge in [0.15, 0.2) is 0 Å². The summed E-state index contributed by atoms with van der Waals surface area (Å²) < 4.78 is 19.5. The molecular weight excluding hydrogens is 271 g/mol. The lowest BCUT2D eigenvalue weighted by Crippen LogP contribution is -2.41. The number of carbonyl (C=O) groups excluding carboxylic acids is 1. The number of piperidine rings is 1. The number of benzene rings is 1. The van der Waals surface area contributed by atoms with Gasteiger partial charge >= 0.3 is 0 Å². The van der Waals surface area contributed by atoms with Gasteiger partial charge in [-0.3, -0.25) is 4.79 Å². The van der Waals surface area contributed by atoms with Gasteiger partial charge in [-0.2, -0.15) is 0 Å². The number of halogens is 1. The Morgan fingerprint density at radius 2 is 2.10 bits per heavy atom. The minimum Gasteiger partial charge on any atom is -0.382 e. The number of hydrogen-bond donors (Lipinski definition) is 1. The third kappa shape index (κ3) is 3.73. The maximum absolute atomic E-state index is 13.9. The van der Waals surface area contributed by atoms with Crippen molar-refractivity contribution in [3.05, 3.63) is 29.6 Å². The molecule has 0 spiro atoms. The van der Waals surface area contributed by atoms with Crippen molar-refractivity contribution in [3.8, 4) is 0 Å². The number of para-hydroxylation sites is 1. The van der Waals surface area contributed by atoms with Crippen molar-refractivity contribution >= 4 is 11.6 Å². The van der Waals surface area contributed by atoms with Crippen LogP contribution in [0.15, 0.2) is 18.2 Å². The summed E-state index contributed by atoms with van der Waals surface area (Å²) in [5.74, 6) is -0.493. The van der Waals surface area contributed by atoms with Gasteiger partial charge in [0.25, 0.3) is 5.91 Å². The summed E-state index contributed by atoms with van der Waals surface area (Å²) in [4.78, 5) is 14.4. The van der Waals surface area contributed by atoms with E-state index in [9.17, 15) is 9.18 Å². The molecule has 5 heteroatoms. The van der Waals surface area contributed by atoms with Gasteiger partial charge in [0, 0.05) is 26.2 Å². The largest absolute Gasteiger partial charge is 0.382 e. The molecule has 1 fully saturated rings. The highest BCUT2D eigenvalue weighted by atomic mass is 19.1. The van der Waals surface area contributed by atoms with Crippen LogP contribution in [0.3, 0.4) is 0 Å². The molecule has 1 heterocycles. The van der Waals surface area contributed by atoms with Crippen LogP contribution in [0.25, 0.3) is 0 Å². The summed E-state index contributed by atoms with van der Waals surface area (Å²) in [5, 5.41) is 2.95. The molecule has 2 rings (SSSR count). The second-order valence-corrected chi connectivity index (χ2v) is 5.14. The van der Waals surface area contributed by atoms with Gasteiger partial charge in [-0.25, -0.2) is 4.39 Å². The van der Waals surface area contributed by atoms with E-state index in [1.807, 2.05) is 13.8 Å². The highest BCUT2D eigenvalue weighted by Gasteiger charge is 2.25. The fourth-order valence-corrected chi connectivity index (χ4v) is 2.69. The molecule has 0 aromatic heterocycles. The van der Waals surface area contributed by atoms with Crippen LogP contribution >= 0.6 is 0 Å². The van der Waals surface area contributed by atoms with Crippen LogP contribution in [-0.2, 0) is 4.74 Å². The van der Waals surface area contributed by atoms with E-state index < -0.39 is 0 Å². The summed E-state index contributed by atoms with van der Waals surface area (Å²) in [6.07, 6.45) is 1.91. The number of carbonyl (C=O) groups is 1. The molecule has 116 valence electrons. The van der Waals surface area contributed by atoms with Crippen LogP contribution in [0.4, 0.5) is 10.1 Å². The van der Waals surface area contributed by atoms with Gasteiger partial charge in [0.1, 0.15) is 5.82 Å². The lowest BCUT2D eigenvalue weighted by atomic mass is 10.1. The highest BCUT2D eigenvalue weighted by Crippen LogP contribution is 2.23. The van der Waals surface area contributed by atoms with E-state index in [-0.39, 0.29) is 17.8 Å². The summed E-state index contributed by atoms with van der Waals surface area (Å²) >= 11 is 0. The van der Waals surface area contributed by atoms with Gasteiger partial charge in [-0.1, -0.05) is 6.07 Å². The van der Waals surface area contributed by atoms with Crippen LogP contribution in [0.2, 0.25) is 0 Å². The minimum absolute atomic E-state index is 0.111. The van der Waals surface area contributed by atoms with Gasteiger partial charge in [-0.15, -0.1) is 0 Å². The average Bonchev–Trinajstić information content (AvgIpc) is 2.50. The van der Waals surface area contributed by atoms with E-state index in [0.29, 0.717) is 37.5 Å². The Hall–Kier alpha value is -1.62. The first-order valence-corrected chi connectivity index (χ1v) is 7.60. The van der Waals surface area contributed by atoms with Gasteiger partial charge in [0.2, 0.25) is 0 Å². The standard InChI is InChI=1S/C16H23FN2O2/c1-3-18-15-13(6-5-7-14(15)17)16(20)19-10-8-12(9-11-19)21-4-2/h5-7,12,18H,3-4,8-11H2,1-2H3. The van der Waals surface area contributed by atoms with Crippen molar-refractivity contribution in [2.24, 2.45) is 0 Å². The summed E-state index contributed by atoms with van der Waals surface area (Å²) in [6, 6.07) is 4.63. The van der Waals surface area contributed by atoms with E-state index in [0.717, 1.165) is 12.8 Å². The minimum atomic E-state index is -0.382. The zero-order valence-electron chi connectivity index (χ0n) is 12.7. The third-order valence-corrected chi connectivity index (χ3v) is 3.73. The lowest BCUT2D eigenvalue weighted by Gasteiger charge is -2.32. The third-order valence-electron chi connectivity index (χ3n) is 3.73. The molecule has 0 saturated carbocycles. The Morgan fingerprint density at radius 1 is 1.38 bits per heavy atom. The Bertz CT molecular complexity index is 485. The predicted octanol–water partition coefficient (Wildman–Crippen LogP) is 2.90. The fraction of sp³-hybridized carbons (Fsp3) is 0.562. The number of likely N-dealkylation sites (tertiary alicyclic amines) is 1. The summed E-state index contributed by atoms with van der Waals surface area (Å²) in [6.45, 7) is 6.46. The van der Waals surface area contributed by atoms with E-state index >= 15 is 0 Å². The molecule has 21 heavy (non-hydrogen) atoms. The number of amides is 1. The smallest absolute Gasteiger partial charge is 0.256 e. The second-order valence-electron chi connectivity index (χ2n) is 5.14. The number of anilines is 1. The molecular formula is C16H23FN2O2. The van der Waals surface area contributed by atoms with Crippen LogP contribution in [0.5, 0.6) is 0 Å². The molecule has 1 aromatic carbocycles. The van der Waals surface area contributed by atoms with Crippen molar-refractivity contribution in [2.75, 3.05) is 31.6 Å². The molecule has 0 bridgehead atoms. The molecule has 1 N–H and O–H groups in total. The predicted molar refractivity (Wildman–Crippen MR) is 81.1 cm³/mol. The van der Waals surface area contributed by atoms with Gasteiger partial charge in [0.05, 0.1) is 17.4 Å². The first-order valence-electron chi connectivity index (χ1n) is 7.60. The first kappa shape index (κ1) is 15.8. The van der Waals surface area contributed by atoms with Gasteiger partial charge in [-0.05, 0) is 38.8 Å². The maximum Gasteiger partial charge on any atom is 0.256 e. The van der Waals surface area contributed by atoms with Crippen molar-refractivity contribution in [3.63, 3.8) is 0 Å². The summed E-state index contributed by atoms with van der Waals surface area (Å²) in [5.41, 5.74) is 0.712. The second kappa shape index (κ2) is 7.41. The molecule has 1 aromatic rings. The SMILES string of the molecule is CCNc1c(F)cccc1C(=O)N1CCC(OCC)CC1.